The normalized spacial score (nSPS) is 11.3. The fraction of sp³-hybridized carbons (Fsp3) is 0.500. The number of aryl methyl sites for hydroxylation is 3. The van der Waals surface area contributed by atoms with Crippen LogP contribution in [-0.2, 0) is 26.6 Å². The van der Waals surface area contributed by atoms with Gasteiger partial charge in [0.1, 0.15) is 0 Å². The van der Waals surface area contributed by atoms with Gasteiger partial charge in [0.05, 0.1) is 21.6 Å². The van der Waals surface area contributed by atoms with E-state index < -0.39 is 0 Å². The molecule has 0 amide bonds. The van der Waals surface area contributed by atoms with Crippen LogP contribution in [0, 0.1) is 6.92 Å². The SMILES string of the molecule is CCc1nn(C)c(CN(CC)Cc2cccc(C)n2)c1Br. The van der Waals surface area contributed by atoms with Gasteiger partial charge in [0, 0.05) is 25.8 Å². The summed E-state index contributed by atoms with van der Waals surface area (Å²) in [6.45, 7) is 9.05. The zero-order chi connectivity index (χ0) is 15.4. The van der Waals surface area contributed by atoms with E-state index in [1.807, 2.05) is 24.7 Å². The summed E-state index contributed by atoms with van der Waals surface area (Å²) >= 11 is 3.69. The van der Waals surface area contributed by atoms with Crippen LogP contribution < -0.4 is 0 Å². The van der Waals surface area contributed by atoms with E-state index in [0.29, 0.717) is 0 Å². The van der Waals surface area contributed by atoms with Crippen molar-refractivity contribution in [3.8, 4) is 0 Å². The van der Waals surface area contributed by atoms with Crippen LogP contribution in [0.25, 0.3) is 0 Å². The van der Waals surface area contributed by atoms with E-state index in [0.717, 1.165) is 47.6 Å². The molecule has 0 aliphatic carbocycles. The quantitative estimate of drug-likeness (QED) is 0.799. The Bertz CT molecular complexity index is 606. The average molecular weight is 351 g/mol. The molecule has 0 spiro atoms. The third kappa shape index (κ3) is 3.92. The van der Waals surface area contributed by atoms with Gasteiger partial charge in [-0.25, -0.2) is 0 Å². The first-order valence-electron chi connectivity index (χ1n) is 7.40. The van der Waals surface area contributed by atoms with Crippen molar-refractivity contribution < 1.29 is 0 Å². The zero-order valence-corrected chi connectivity index (χ0v) is 14.8. The third-order valence-corrected chi connectivity index (χ3v) is 4.57. The fourth-order valence-electron chi connectivity index (χ4n) is 2.40. The largest absolute Gasteiger partial charge is 0.292 e. The van der Waals surface area contributed by atoms with Crippen molar-refractivity contribution >= 4 is 15.9 Å². The minimum absolute atomic E-state index is 0.858. The molecular formula is C16H23BrN4. The summed E-state index contributed by atoms with van der Waals surface area (Å²) in [7, 11) is 2.01. The van der Waals surface area contributed by atoms with Crippen LogP contribution in [0.5, 0.6) is 0 Å². The van der Waals surface area contributed by atoms with E-state index in [-0.39, 0.29) is 0 Å². The average Bonchev–Trinajstić information content (AvgIpc) is 2.73. The molecule has 0 atom stereocenters. The molecule has 0 aliphatic rings. The number of nitrogens with zero attached hydrogens (tertiary/aromatic N) is 4. The molecule has 0 radical (unpaired) electrons. The third-order valence-electron chi connectivity index (χ3n) is 3.66. The van der Waals surface area contributed by atoms with Gasteiger partial charge in [-0.3, -0.25) is 14.6 Å². The lowest BCUT2D eigenvalue weighted by molar-refractivity contribution is 0.260. The maximum Gasteiger partial charge on any atom is 0.0767 e. The van der Waals surface area contributed by atoms with Crippen molar-refractivity contribution in [2.45, 2.75) is 40.3 Å². The second kappa shape index (κ2) is 7.18. The van der Waals surface area contributed by atoms with E-state index in [1.54, 1.807) is 0 Å². The van der Waals surface area contributed by atoms with Crippen LogP contribution in [0.15, 0.2) is 22.7 Å². The summed E-state index contributed by atoms with van der Waals surface area (Å²) < 4.78 is 3.12. The van der Waals surface area contributed by atoms with Gasteiger partial charge in [0.15, 0.2) is 0 Å². The van der Waals surface area contributed by atoms with Crippen molar-refractivity contribution in [1.82, 2.24) is 19.7 Å². The van der Waals surface area contributed by atoms with E-state index >= 15 is 0 Å². The topological polar surface area (TPSA) is 34.0 Å². The van der Waals surface area contributed by atoms with Gasteiger partial charge < -0.3 is 0 Å². The first kappa shape index (κ1) is 16.2. The summed E-state index contributed by atoms with van der Waals surface area (Å²) in [6, 6.07) is 6.19. The first-order valence-corrected chi connectivity index (χ1v) is 8.19. The molecule has 114 valence electrons. The summed E-state index contributed by atoms with van der Waals surface area (Å²) in [5.74, 6) is 0. The fourth-order valence-corrected chi connectivity index (χ4v) is 3.14. The smallest absolute Gasteiger partial charge is 0.0767 e. The van der Waals surface area contributed by atoms with Gasteiger partial charge in [0.2, 0.25) is 0 Å². The van der Waals surface area contributed by atoms with Crippen LogP contribution >= 0.6 is 15.9 Å². The molecule has 0 fully saturated rings. The van der Waals surface area contributed by atoms with Crippen molar-refractivity contribution in [3.05, 3.63) is 45.4 Å². The van der Waals surface area contributed by atoms with Crippen molar-refractivity contribution in [3.63, 3.8) is 0 Å². The van der Waals surface area contributed by atoms with Crippen LogP contribution in [0.2, 0.25) is 0 Å². The Labute approximate surface area is 135 Å². The van der Waals surface area contributed by atoms with Crippen LogP contribution in [0.4, 0.5) is 0 Å². The molecule has 0 bridgehead atoms. The van der Waals surface area contributed by atoms with Gasteiger partial charge in [0.25, 0.3) is 0 Å². The predicted molar refractivity (Wildman–Crippen MR) is 89.0 cm³/mol. The van der Waals surface area contributed by atoms with Crippen molar-refractivity contribution in [2.24, 2.45) is 7.05 Å². The Kier molecular flexibility index (Phi) is 5.53. The molecule has 21 heavy (non-hydrogen) atoms. The number of aromatic nitrogens is 3. The molecule has 0 aromatic carbocycles. The Hall–Kier alpha value is -1.20. The summed E-state index contributed by atoms with van der Waals surface area (Å²) in [5.41, 5.74) is 4.53. The highest BCUT2D eigenvalue weighted by Crippen LogP contribution is 2.23. The lowest BCUT2D eigenvalue weighted by Gasteiger charge is -2.20. The molecule has 0 saturated carbocycles. The minimum Gasteiger partial charge on any atom is -0.292 e. The minimum atomic E-state index is 0.858. The first-order chi connectivity index (χ1) is 10.0. The van der Waals surface area contributed by atoms with Gasteiger partial charge in [-0.2, -0.15) is 5.10 Å². The summed E-state index contributed by atoms with van der Waals surface area (Å²) in [4.78, 5) is 6.97. The Morgan fingerprint density at radius 2 is 2.00 bits per heavy atom. The monoisotopic (exact) mass is 350 g/mol. The standard InChI is InChI=1S/C16H23BrN4/c1-5-14-16(17)15(20(4)19-14)11-21(6-2)10-13-9-7-8-12(3)18-13/h7-9H,5-6,10-11H2,1-4H3. The molecule has 0 unspecified atom stereocenters. The van der Waals surface area contributed by atoms with Gasteiger partial charge in [-0.1, -0.05) is 19.9 Å². The number of pyridine rings is 1. The van der Waals surface area contributed by atoms with Crippen LogP contribution in [0.3, 0.4) is 0 Å². The zero-order valence-electron chi connectivity index (χ0n) is 13.2. The van der Waals surface area contributed by atoms with E-state index in [2.05, 4.69) is 56.9 Å². The maximum atomic E-state index is 4.59. The summed E-state index contributed by atoms with van der Waals surface area (Å²) in [5, 5.41) is 4.56. The Morgan fingerprint density at radius 3 is 2.57 bits per heavy atom. The van der Waals surface area contributed by atoms with E-state index in [1.165, 1.54) is 5.69 Å². The molecule has 0 saturated heterocycles. The lowest BCUT2D eigenvalue weighted by Crippen LogP contribution is -2.24. The van der Waals surface area contributed by atoms with Gasteiger partial charge in [-0.15, -0.1) is 0 Å². The molecular weight excluding hydrogens is 328 g/mol. The number of hydrogen-bond donors (Lipinski definition) is 0. The maximum absolute atomic E-state index is 4.59. The Balaban J connectivity index is 2.14. The predicted octanol–water partition coefficient (Wildman–Crippen LogP) is 3.47. The molecule has 0 aliphatic heterocycles. The lowest BCUT2D eigenvalue weighted by atomic mass is 10.2. The van der Waals surface area contributed by atoms with Gasteiger partial charge in [-0.05, 0) is 48.0 Å². The van der Waals surface area contributed by atoms with E-state index in [4.69, 9.17) is 0 Å². The highest BCUT2D eigenvalue weighted by molar-refractivity contribution is 9.10. The molecule has 2 heterocycles. The highest BCUT2D eigenvalue weighted by atomic mass is 79.9. The van der Waals surface area contributed by atoms with E-state index in [9.17, 15) is 0 Å². The van der Waals surface area contributed by atoms with Crippen LogP contribution in [-0.4, -0.2) is 26.2 Å². The second-order valence-electron chi connectivity index (χ2n) is 5.26. The molecule has 2 aromatic heterocycles. The van der Waals surface area contributed by atoms with Crippen molar-refractivity contribution in [1.29, 1.82) is 0 Å². The van der Waals surface area contributed by atoms with Gasteiger partial charge >= 0.3 is 0 Å². The van der Waals surface area contributed by atoms with Crippen molar-refractivity contribution in [2.75, 3.05) is 6.54 Å². The Morgan fingerprint density at radius 1 is 1.24 bits per heavy atom. The molecule has 2 rings (SSSR count). The highest BCUT2D eigenvalue weighted by Gasteiger charge is 2.15. The molecule has 0 N–H and O–H groups in total. The summed E-state index contributed by atoms with van der Waals surface area (Å²) in [6.07, 6.45) is 0.944. The number of rotatable bonds is 6. The molecule has 4 nitrogen and oxygen atoms in total. The second-order valence-corrected chi connectivity index (χ2v) is 6.05. The molecule has 2 aromatic rings. The molecule has 5 heteroatoms. The van der Waals surface area contributed by atoms with Crippen LogP contribution in [0.1, 0.15) is 36.6 Å². The number of halogens is 1. The number of hydrogen-bond acceptors (Lipinski definition) is 3.